The maximum absolute atomic E-state index is 13.1. The van der Waals surface area contributed by atoms with E-state index in [4.69, 9.17) is 10.5 Å². The first-order valence-electron chi connectivity index (χ1n) is 10.1. The Morgan fingerprint density at radius 3 is 2.66 bits per heavy atom. The minimum Gasteiger partial charge on any atom is -0.465 e. The van der Waals surface area contributed by atoms with Gasteiger partial charge in [0.2, 0.25) is 0 Å². The molecule has 32 heavy (non-hydrogen) atoms. The number of nitrogens with two attached hydrogens (primary N) is 1. The molecule has 7 nitrogen and oxygen atoms in total. The molecule has 0 aliphatic heterocycles. The molecule has 0 bridgehead atoms. The second-order valence-electron chi connectivity index (χ2n) is 8.37. The smallest absolute Gasteiger partial charge is 0.465 e. The fourth-order valence-corrected chi connectivity index (χ4v) is 4.20. The molecule has 0 radical (unpaired) electrons. The topological polar surface area (TPSA) is 100 Å². The summed E-state index contributed by atoms with van der Waals surface area (Å²) in [5.74, 6) is 0.741. The molecule has 0 unspecified atom stereocenters. The number of aromatic nitrogens is 3. The average molecular weight is 475 g/mol. The molecule has 1 aliphatic carbocycles. The number of halogens is 3. The van der Waals surface area contributed by atoms with Crippen LogP contribution in [0.25, 0.3) is 6.20 Å². The normalized spacial score (nSPS) is 24.4. The van der Waals surface area contributed by atoms with Crippen molar-refractivity contribution in [1.29, 1.82) is 0 Å². The van der Waals surface area contributed by atoms with Gasteiger partial charge < -0.3 is 10.5 Å². The van der Waals surface area contributed by atoms with Crippen molar-refractivity contribution in [2.24, 2.45) is 11.1 Å². The number of nitrogens with zero attached hydrogens (tertiary/aromatic N) is 3. The van der Waals surface area contributed by atoms with Crippen LogP contribution >= 0.6 is 0 Å². The zero-order chi connectivity index (χ0) is 24.3. The zero-order valence-corrected chi connectivity index (χ0v) is 19.4. The number of alkyl halides is 3. The van der Waals surface area contributed by atoms with Gasteiger partial charge in [0.15, 0.2) is 0 Å². The van der Waals surface area contributed by atoms with Gasteiger partial charge in [-0.25, -0.2) is 8.42 Å². The molecule has 1 heterocycles. The van der Waals surface area contributed by atoms with Crippen LogP contribution in [0, 0.1) is 5.41 Å². The predicted molar refractivity (Wildman–Crippen MR) is 116 cm³/mol. The van der Waals surface area contributed by atoms with Crippen molar-refractivity contribution >= 4 is 16.0 Å². The summed E-state index contributed by atoms with van der Waals surface area (Å²) in [5.41, 5.74) is -0.0937. The van der Waals surface area contributed by atoms with E-state index in [1.807, 2.05) is 26.8 Å². The highest BCUT2D eigenvalue weighted by atomic mass is 32.2. The van der Waals surface area contributed by atoms with Crippen LogP contribution in [0.1, 0.15) is 58.7 Å². The minimum absolute atomic E-state index is 0.287. The number of hydrogen-bond donors (Lipinski definition) is 1. The molecule has 2 N–H and O–H groups in total. The molecule has 1 aromatic rings. The van der Waals surface area contributed by atoms with Crippen molar-refractivity contribution in [1.82, 2.24) is 14.8 Å². The highest BCUT2D eigenvalue weighted by molar-refractivity contribution is 7.96. The molecule has 2 atom stereocenters. The first-order chi connectivity index (χ1) is 14.7. The predicted octanol–water partition coefficient (Wildman–Crippen LogP) is 4.64. The Hall–Kier alpha value is -2.40. The van der Waals surface area contributed by atoms with E-state index in [9.17, 15) is 21.6 Å². The lowest BCUT2D eigenvalue weighted by Gasteiger charge is -2.30. The number of allylic oxidation sites excluding steroid dienone is 5. The van der Waals surface area contributed by atoms with Crippen LogP contribution in [0.3, 0.4) is 0 Å². The second kappa shape index (κ2) is 9.62. The first-order valence-corrected chi connectivity index (χ1v) is 11.6. The van der Waals surface area contributed by atoms with Crippen molar-refractivity contribution in [2.45, 2.75) is 64.4 Å². The van der Waals surface area contributed by atoms with Crippen molar-refractivity contribution in [3.05, 3.63) is 53.4 Å². The van der Waals surface area contributed by atoms with Crippen molar-refractivity contribution < 1.29 is 26.3 Å². The number of hydrogen-bond acceptors (Lipinski definition) is 6. The molecule has 1 aliphatic rings. The minimum atomic E-state index is -5.51. The van der Waals surface area contributed by atoms with Crippen molar-refractivity contribution in [3.63, 3.8) is 0 Å². The number of rotatable bonds is 6. The monoisotopic (exact) mass is 474 g/mol. The fourth-order valence-electron chi connectivity index (χ4n) is 3.22. The zero-order valence-electron chi connectivity index (χ0n) is 18.6. The van der Waals surface area contributed by atoms with Gasteiger partial charge >= 0.3 is 5.51 Å². The van der Waals surface area contributed by atoms with Crippen molar-refractivity contribution in [2.75, 3.05) is 0 Å². The Kier molecular flexibility index (Phi) is 7.77. The lowest BCUT2D eigenvalue weighted by molar-refractivity contribution is -0.0427. The van der Waals surface area contributed by atoms with Gasteiger partial charge in [0.05, 0.1) is 10.8 Å². The van der Waals surface area contributed by atoms with Gasteiger partial charge in [-0.3, -0.25) is 4.57 Å². The van der Waals surface area contributed by atoms with Gasteiger partial charge in [-0.15, -0.1) is 10.2 Å². The molecule has 0 fully saturated rings. The summed E-state index contributed by atoms with van der Waals surface area (Å²) in [7, 11) is -5.51. The molecule has 0 spiro atoms. The maximum atomic E-state index is 13.1. The molecular weight excluding hydrogens is 445 g/mol. The molecule has 11 heteroatoms. The van der Waals surface area contributed by atoms with Gasteiger partial charge in [0.25, 0.3) is 9.84 Å². The van der Waals surface area contributed by atoms with E-state index >= 15 is 0 Å². The Morgan fingerprint density at radius 2 is 2.06 bits per heavy atom. The van der Waals surface area contributed by atoms with Gasteiger partial charge in [-0.1, -0.05) is 26.5 Å². The summed E-state index contributed by atoms with van der Waals surface area (Å²) in [6.45, 7) is 11.3. The summed E-state index contributed by atoms with van der Waals surface area (Å²) >= 11 is 0. The van der Waals surface area contributed by atoms with Crippen LogP contribution < -0.4 is 5.73 Å². The van der Waals surface area contributed by atoms with Crippen LogP contribution in [-0.4, -0.2) is 34.7 Å². The molecule has 0 saturated heterocycles. The van der Waals surface area contributed by atoms with Gasteiger partial charge in [0, 0.05) is 17.7 Å². The standard InChI is InChI=1S/C21H29F3N4O3S/c1-6-11-28-13-26-27-19(28)14(2)15(3)31-18-8-7-17(32(29,30)21(22,23)24)12-16(25)9-10-20(18,4)5/h6-8,11,13-14,16H,3,9-10,12,25H2,1-2,4-5H3/b11-6-,17-7+,18-8+/t14-,16+/m0/s1. The highest BCUT2D eigenvalue weighted by Gasteiger charge is 2.48. The highest BCUT2D eigenvalue weighted by Crippen LogP contribution is 2.39. The second-order valence-corrected chi connectivity index (χ2v) is 10.4. The summed E-state index contributed by atoms with van der Waals surface area (Å²) in [4.78, 5) is -0.789. The van der Waals surface area contributed by atoms with Gasteiger partial charge in [-0.2, -0.15) is 13.2 Å². The summed E-state index contributed by atoms with van der Waals surface area (Å²) in [6.07, 6.45) is 7.69. The average Bonchev–Trinajstić information content (AvgIpc) is 3.15. The Bertz CT molecular complexity index is 1040. The SMILES string of the molecule is C=C(O/C1=C/C=C(/S(=O)(=O)C(F)(F)F)C[C@H](N)CCC1(C)C)[C@H](C)c1nncn1/C=C\C. The third-order valence-electron chi connectivity index (χ3n) is 5.36. The van der Waals surface area contributed by atoms with Crippen LogP contribution in [0.2, 0.25) is 0 Å². The van der Waals surface area contributed by atoms with Crippen LogP contribution in [0.4, 0.5) is 13.2 Å². The summed E-state index contributed by atoms with van der Waals surface area (Å²) < 4.78 is 71.2. The van der Waals surface area contributed by atoms with E-state index in [-0.39, 0.29) is 5.76 Å². The Balaban J connectivity index is 2.44. The summed E-state index contributed by atoms with van der Waals surface area (Å²) in [5, 5.41) is 7.97. The van der Waals surface area contributed by atoms with Crippen LogP contribution in [0.15, 0.2) is 47.6 Å². The molecule has 2 rings (SSSR count). The molecule has 178 valence electrons. The molecule has 0 aromatic carbocycles. The lowest BCUT2D eigenvalue weighted by atomic mass is 9.84. The molecule has 0 saturated carbocycles. The molecule has 0 amide bonds. The van der Waals surface area contributed by atoms with Gasteiger partial charge in [-0.05, 0) is 45.3 Å². The van der Waals surface area contributed by atoms with Gasteiger partial charge in [0.1, 0.15) is 23.7 Å². The van der Waals surface area contributed by atoms with E-state index in [1.54, 1.807) is 17.7 Å². The lowest BCUT2D eigenvalue weighted by Crippen LogP contribution is -2.29. The third kappa shape index (κ3) is 5.69. The third-order valence-corrected chi connectivity index (χ3v) is 6.97. The fraction of sp³-hybridized carbons (Fsp3) is 0.524. The number of ether oxygens (including phenoxy) is 1. The first kappa shape index (κ1) is 25.9. The quantitative estimate of drug-likeness (QED) is 0.603. The largest absolute Gasteiger partial charge is 0.501 e. The van der Waals surface area contributed by atoms with E-state index in [2.05, 4.69) is 16.8 Å². The van der Waals surface area contributed by atoms with E-state index in [0.717, 1.165) is 6.08 Å². The Morgan fingerprint density at radius 1 is 1.41 bits per heavy atom. The Labute approximate surface area is 186 Å². The van der Waals surface area contributed by atoms with E-state index in [1.165, 1.54) is 12.4 Å². The van der Waals surface area contributed by atoms with E-state index in [0.29, 0.717) is 24.4 Å². The van der Waals surface area contributed by atoms with E-state index < -0.39 is 44.0 Å². The number of sulfone groups is 1. The van der Waals surface area contributed by atoms with Crippen molar-refractivity contribution in [3.8, 4) is 0 Å². The van der Waals surface area contributed by atoms with Crippen LogP contribution in [-0.2, 0) is 14.6 Å². The maximum Gasteiger partial charge on any atom is 0.501 e. The molecule has 1 aromatic heterocycles. The van der Waals surface area contributed by atoms with Crippen LogP contribution in [0.5, 0.6) is 0 Å². The summed E-state index contributed by atoms with van der Waals surface area (Å²) in [6, 6.07) is -0.744. The molecular formula is C21H29F3N4O3S.